The molecule has 2 aromatic heterocycles. The van der Waals surface area contributed by atoms with Crippen molar-refractivity contribution < 1.29 is 27.3 Å². The molecule has 1 N–H and O–H groups in total. The van der Waals surface area contributed by atoms with E-state index in [1.165, 1.54) is 39.8 Å². The maximum Gasteiger partial charge on any atom is 0.417 e. The third-order valence-electron chi connectivity index (χ3n) is 6.12. The van der Waals surface area contributed by atoms with Gasteiger partial charge in [-0.05, 0) is 30.3 Å². The number of halogens is 4. The Morgan fingerprint density at radius 1 is 1.29 bits per heavy atom. The number of piperazine rings is 1. The van der Waals surface area contributed by atoms with E-state index in [-0.39, 0.29) is 38.4 Å². The van der Waals surface area contributed by atoms with Gasteiger partial charge in [0.05, 0.1) is 48.3 Å². The minimum absolute atomic E-state index is 0.0816. The largest absolute Gasteiger partial charge is 0.457 e. The van der Waals surface area contributed by atoms with Gasteiger partial charge in [0.15, 0.2) is 5.57 Å². The number of furan rings is 1. The summed E-state index contributed by atoms with van der Waals surface area (Å²) in [6, 6.07) is 8.41. The first kappa shape index (κ1) is 27.4. The van der Waals surface area contributed by atoms with Crippen LogP contribution in [-0.4, -0.2) is 48.6 Å². The number of carbonyl (C=O) groups excluding carboxylic acids is 1. The Kier molecular flexibility index (Phi) is 7.97. The number of nitrogens with one attached hydrogen (secondary N) is 1. The molecule has 3 heterocycles. The number of thiazole rings is 1. The topological polar surface area (TPSA) is 83.7 Å². The Balaban J connectivity index is 1.77. The van der Waals surface area contributed by atoms with Gasteiger partial charge in [0.1, 0.15) is 22.3 Å². The second-order valence-electron chi connectivity index (χ2n) is 8.75. The highest BCUT2D eigenvalue weighted by Gasteiger charge is 2.33. The summed E-state index contributed by atoms with van der Waals surface area (Å²) in [6.45, 7) is 6.26. The molecule has 0 bridgehead atoms. The number of rotatable bonds is 5. The molecule has 1 aliphatic heterocycles. The van der Waals surface area contributed by atoms with Crippen molar-refractivity contribution in [2.75, 3.05) is 33.2 Å². The van der Waals surface area contributed by atoms with Crippen molar-refractivity contribution in [3.8, 4) is 17.4 Å². The monoisotopic (exact) mass is 563 g/mol. The first-order valence-electron chi connectivity index (χ1n) is 11.6. The number of nitrogens with zero attached hydrogens (tertiary/aromatic N) is 3. The number of quaternary nitrogens is 1. The van der Waals surface area contributed by atoms with E-state index < -0.39 is 28.2 Å². The van der Waals surface area contributed by atoms with Gasteiger partial charge in [-0.15, -0.1) is 17.9 Å². The van der Waals surface area contributed by atoms with E-state index in [1.54, 1.807) is 4.90 Å². The predicted molar refractivity (Wildman–Crippen MR) is 138 cm³/mol. The van der Waals surface area contributed by atoms with Crippen molar-refractivity contribution in [3.63, 3.8) is 0 Å². The lowest BCUT2D eigenvalue weighted by Gasteiger charge is -2.29. The molecule has 1 aliphatic rings. The van der Waals surface area contributed by atoms with Crippen LogP contribution in [0.15, 0.2) is 52.2 Å². The molecule has 0 saturated carbocycles. The fraction of sp³-hybridized carbons (Fsp3) is 0.269. The summed E-state index contributed by atoms with van der Waals surface area (Å²) < 4.78 is 47.2. The second kappa shape index (κ2) is 11.0. The first-order chi connectivity index (χ1) is 18.0. The Labute approximate surface area is 224 Å². The van der Waals surface area contributed by atoms with Gasteiger partial charge in [0.25, 0.3) is 11.5 Å². The van der Waals surface area contributed by atoms with Gasteiger partial charge in [0, 0.05) is 18.2 Å². The average Bonchev–Trinajstić information content (AvgIpc) is 3.45. The highest BCUT2D eigenvalue weighted by molar-refractivity contribution is 7.07. The minimum atomic E-state index is -4.63. The quantitative estimate of drug-likeness (QED) is 0.481. The molecule has 1 saturated heterocycles. The smallest absolute Gasteiger partial charge is 0.417 e. The van der Waals surface area contributed by atoms with E-state index in [0.29, 0.717) is 13.1 Å². The molecule has 1 amide bonds. The van der Waals surface area contributed by atoms with Crippen molar-refractivity contribution in [1.82, 2.24) is 9.47 Å². The van der Waals surface area contributed by atoms with E-state index in [0.717, 1.165) is 36.6 Å². The van der Waals surface area contributed by atoms with Crippen molar-refractivity contribution >= 4 is 40.5 Å². The van der Waals surface area contributed by atoms with Crippen LogP contribution in [0.4, 0.5) is 13.2 Å². The van der Waals surface area contributed by atoms with Crippen LogP contribution in [0.25, 0.3) is 23.0 Å². The van der Waals surface area contributed by atoms with Gasteiger partial charge >= 0.3 is 6.18 Å². The molecule has 0 spiro atoms. The van der Waals surface area contributed by atoms with Crippen LogP contribution < -0.4 is 19.7 Å². The summed E-state index contributed by atoms with van der Waals surface area (Å²) in [5, 5.41) is 9.43. The lowest BCUT2D eigenvalue weighted by Crippen LogP contribution is -3.12. The Bertz CT molecular complexity index is 1610. The SMILES string of the molecule is C=CCn1c(=O)/c(=C/c2ccc(-c3ccc(Cl)c(C(F)(F)F)c3)o2)s/c1=C(\C#N)C(=O)N1CC[NH+](C)CC1. The van der Waals surface area contributed by atoms with Gasteiger partial charge in [-0.2, -0.15) is 18.4 Å². The summed E-state index contributed by atoms with van der Waals surface area (Å²) in [5.74, 6) is -0.0709. The molecule has 3 aromatic rings. The molecule has 1 aromatic carbocycles. The fourth-order valence-electron chi connectivity index (χ4n) is 4.05. The van der Waals surface area contributed by atoms with Gasteiger partial charge in [0.2, 0.25) is 0 Å². The second-order valence-corrected chi connectivity index (χ2v) is 10.2. The lowest BCUT2D eigenvalue weighted by atomic mass is 10.1. The normalized spacial score (nSPS) is 15.9. The Morgan fingerprint density at radius 3 is 2.63 bits per heavy atom. The fourth-order valence-corrected chi connectivity index (χ4v) is 5.36. The zero-order valence-electron chi connectivity index (χ0n) is 20.3. The molecule has 38 heavy (non-hydrogen) atoms. The number of hydrogen-bond donors (Lipinski definition) is 1. The molecule has 0 unspecified atom stereocenters. The zero-order valence-corrected chi connectivity index (χ0v) is 21.8. The van der Waals surface area contributed by atoms with Crippen LogP contribution in [0.5, 0.6) is 0 Å². The lowest BCUT2D eigenvalue weighted by molar-refractivity contribution is -0.883. The Morgan fingerprint density at radius 2 is 2.00 bits per heavy atom. The summed E-state index contributed by atoms with van der Waals surface area (Å²) in [6.07, 6.45) is -1.71. The van der Waals surface area contributed by atoms with Crippen molar-refractivity contribution in [3.05, 3.63) is 78.9 Å². The first-order valence-corrected chi connectivity index (χ1v) is 12.8. The number of aromatic nitrogens is 1. The van der Waals surface area contributed by atoms with Crippen molar-refractivity contribution in [2.45, 2.75) is 12.7 Å². The van der Waals surface area contributed by atoms with Crippen LogP contribution in [0.2, 0.25) is 5.02 Å². The van der Waals surface area contributed by atoms with Crippen LogP contribution in [0, 0.1) is 11.3 Å². The highest BCUT2D eigenvalue weighted by atomic mass is 35.5. The summed E-state index contributed by atoms with van der Waals surface area (Å²) in [7, 11) is 2.03. The highest BCUT2D eigenvalue weighted by Crippen LogP contribution is 2.37. The van der Waals surface area contributed by atoms with E-state index in [2.05, 4.69) is 6.58 Å². The molecule has 0 radical (unpaired) electrons. The number of allylic oxidation sites excluding steroid dienone is 1. The number of amides is 1. The van der Waals surface area contributed by atoms with Crippen LogP contribution >= 0.6 is 22.9 Å². The Hall–Kier alpha value is -3.59. The standard InChI is InChI=1S/C26H22ClF3N4O3S/c1-3-8-34-24(36)22(38-25(34)18(15-31)23(35)33-11-9-32(2)10-12-33)14-17-5-7-21(37-17)16-4-6-20(27)19(13-16)26(28,29)30/h3-7,13-14H,1,8-12H2,2H3/p+1/b22-14-,25-18+. The summed E-state index contributed by atoms with van der Waals surface area (Å²) in [4.78, 5) is 29.2. The van der Waals surface area contributed by atoms with Crippen LogP contribution in [0.1, 0.15) is 11.3 Å². The number of hydrogen-bond acceptors (Lipinski definition) is 5. The maximum atomic E-state index is 13.3. The average molecular weight is 564 g/mol. The van der Waals surface area contributed by atoms with Crippen LogP contribution in [0.3, 0.4) is 0 Å². The van der Waals surface area contributed by atoms with Gasteiger partial charge in [-0.25, -0.2) is 0 Å². The molecule has 1 fully saturated rings. The number of nitriles is 1. The molecular weight excluding hydrogens is 541 g/mol. The van der Waals surface area contributed by atoms with Crippen molar-refractivity contribution in [1.29, 1.82) is 5.26 Å². The predicted octanol–water partition coefficient (Wildman–Crippen LogP) is 1.89. The van der Waals surface area contributed by atoms with E-state index in [4.69, 9.17) is 16.0 Å². The molecular formula is C26H23ClF3N4O3S+. The minimum Gasteiger partial charge on any atom is -0.457 e. The summed E-state index contributed by atoms with van der Waals surface area (Å²) in [5.41, 5.74) is -1.40. The molecule has 0 atom stereocenters. The van der Waals surface area contributed by atoms with Crippen molar-refractivity contribution in [2.24, 2.45) is 0 Å². The maximum absolute atomic E-state index is 13.3. The third-order valence-corrected chi connectivity index (χ3v) is 7.58. The van der Waals surface area contributed by atoms with E-state index in [9.17, 15) is 28.0 Å². The zero-order chi connectivity index (χ0) is 27.6. The number of likely N-dealkylation sites (N-methyl/N-ethyl adjacent to an activating group) is 1. The van der Waals surface area contributed by atoms with Crippen LogP contribution in [-0.2, 0) is 17.5 Å². The third kappa shape index (κ3) is 5.62. The molecule has 0 aliphatic carbocycles. The van der Waals surface area contributed by atoms with Gasteiger partial charge < -0.3 is 14.2 Å². The number of carbonyl (C=O) groups is 1. The van der Waals surface area contributed by atoms with Gasteiger partial charge in [-0.1, -0.05) is 17.7 Å². The molecule has 4 rings (SSSR count). The number of benzene rings is 1. The van der Waals surface area contributed by atoms with E-state index in [1.807, 2.05) is 13.1 Å². The van der Waals surface area contributed by atoms with E-state index >= 15 is 0 Å². The number of alkyl halides is 3. The van der Waals surface area contributed by atoms with Gasteiger partial charge in [-0.3, -0.25) is 14.2 Å². The molecule has 198 valence electrons. The summed E-state index contributed by atoms with van der Waals surface area (Å²) >= 11 is 6.67. The molecule has 7 nitrogen and oxygen atoms in total. The molecule has 12 heteroatoms.